The highest BCUT2D eigenvalue weighted by Crippen LogP contribution is 2.35. The number of hydrogen-bond donors (Lipinski definition) is 0. The van der Waals surface area contributed by atoms with Gasteiger partial charge in [0.2, 0.25) is 0 Å². The van der Waals surface area contributed by atoms with Gasteiger partial charge in [-0.25, -0.2) is 0 Å². The number of Topliss-reactive ketones (excluding diaryl/α,β-unsaturated/α-hetero) is 1. The number of para-hydroxylation sites is 1. The van der Waals surface area contributed by atoms with Gasteiger partial charge < -0.3 is 9.64 Å². The molecule has 0 saturated heterocycles. The van der Waals surface area contributed by atoms with E-state index < -0.39 is 0 Å². The molecule has 1 amide bonds. The number of anilines is 1. The molecule has 0 spiro atoms. The van der Waals surface area contributed by atoms with Crippen molar-refractivity contribution in [1.82, 2.24) is 0 Å². The Hall–Kier alpha value is -1.85. The Bertz CT molecular complexity index is 806. The van der Waals surface area contributed by atoms with Crippen LogP contribution in [0.4, 0.5) is 5.69 Å². The van der Waals surface area contributed by atoms with Gasteiger partial charge in [0.25, 0.3) is 5.91 Å². The van der Waals surface area contributed by atoms with Crippen molar-refractivity contribution in [2.24, 2.45) is 0 Å². The van der Waals surface area contributed by atoms with Crippen molar-refractivity contribution in [3.8, 4) is 5.75 Å². The number of nitrogens with zero attached hydrogens (tertiary/aromatic N) is 1. The first-order valence-electron chi connectivity index (χ1n) is 6.97. The molecule has 1 aliphatic rings. The van der Waals surface area contributed by atoms with Crippen LogP contribution < -0.4 is 9.64 Å². The standard InChI is InChI=1S/C17H13BrClNO3/c1-20-14-4-2-3-12(17(14)23-9-16(20)22)15(21)7-10-5-6-11(18)8-13(10)19/h2-6,8H,7,9H2,1H3. The third-order valence-corrected chi connectivity index (χ3v) is 4.58. The van der Waals surface area contributed by atoms with Crippen LogP contribution in [0.25, 0.3) is 0 Å². The summed E-state index contributed by atoms with van der Waals surface area (Å²) in [5.41, 5.74) is 1.81. The average molecular weight is 395 g/mol. The lowest BCUT2D eigenvalue weighted by molar-refractivity contribution is -0.121. The van der Waals surface area contributed by atoms with Gasteiger partial charge in [-0.2, -0.15) is 0 Å². The maximum Gasteiger partial charge on any atom is 0.264 e. The number of hydrogen-bond acceptors (Lipinski definition) is 3. The molecule has 0 fully saturated rings. The van der Waals surface area contributed by atoms with Crippen LogP contribution in [0.1, 0.15) is 15.9 Å². The fourth-order valence-electron chi connectivity index (χ4n) is 2.46. The molecule has 2 aromatic carbocycles. The van der Waals surface area contributed by atoms with E-state index in [4.69, 9.17) is 16.3 Å². The van der Waals surface area contributed by atoms with Crippen molar-refractivity contribution in [2.45, 2.75) is 6.42 Å². The van der Waals surface area contributed by atoms with E-state index in [0.29, 0.717) is 22.0 Å². The van der Waals surface area contributed by atoms with Crippen molar-refractivity contribution < 1.29 is 14.3 Å². The van der Waals surface area contributed by atoms with Gasteiger partial charge in [0.05, 0.1) is 11.3 Å². The minimum absolute atomic E-state index is 0.0627. The van der Waals surface area contributed by atoms with E-state index >= 15 is 0 Å². The lowest BCUT2D eigenvalue weighted by Gasteiger charge is -2.27. The molecule has 0 aromatic heterocycles. The van der Waals surface area contributed by atoms with E-state index in [-0.39, 0.29) is 24.7 Å². The van der Waals surface area contributed by atoms with Crippen molar-refractivity contribution in [3.63, 3.8) is 0 Å². The normalized spacial score (nSPS) is 13.5. The fraction of sp³-hybridized carbons (Fsp3) is 0.176. The molecule has 0 radical (unpaired) electrons. The molecular weight excluding hydrogens is 382 g/mol. The maximum atomic E-state index is 12.7. The monoisotopic (exact) mass is 393 g/mol. The lowest BCUT2D eigenvalue weighted by atomic mass is 10.0. The highest BCUT2D eigenvalue weighted by molar-refractivity contribution is 9.10. The molecule has 0 atom stereocenters. The highest BCUT2D eigenvalue weighted by Gasteiger charge is 2.26. The second kappa shape index (κ2) is 6.34. The number of rotatable bonds is 3. The molecule has 0 aliphatic carbocycles. The minimum Gasteiger partial charge on any atom is -0.481 e. The van der Waals surface area contributed by atoms with Crippen LogP contribution in [0.3, 0.4) is 0 Å². The smallest absolute Gasteiger partial charge is 0.264 e. The second-order valence-electron chi connectivity index (χ2n) is 5.23. The number of ketones is 1. The lowest BCUT2D eigenvalue weighted by Crippen LogP contribution is -2.36. The Morgan fingerprint density at radius 3 is 2.87 bits per heavy atom. The van der Waals surface area contributed by atoms with Crippen LogP contribution in [0.5, 0.6) is 5.75 Å². The number of amides is 1. The Morgan fingerprint density at radius 2 is 2.13 bits per heavy atom. The summed E-state index contributed by atoms with van der Waals surface area (Å²) in [6, 6.07) is 10.6. The van der Waals surface area contributed by atoms with E-state index in [1.165, 1.54) is 4.90 Å². The molecule has 3 rings (SSSR count). The van der Waals surface area contributed by atoms with Crippen LogP contribution >= 0.6 is 27.5 Å². The fourth-order valence-corrected chi connectivity index (χ4v) is 3.20. The van der Waals surface area contributed by atoms with Crippen molar-refractivity contribution in [3.05, 3.63) is 57.0 Å². The molecule has 118 valence electrons. The minimum atomic E-state index is -0.141. The van der Waals surface area contributed by atoms with Gasteiger partial charge in [0.1, 0.15) is 0 Å². The summed E-state index contributed by atoms with van der Waals surface area (Å²) in [6.45, 7) is -0.0627. The first-order chi connectivity index (χ1) is 11.0. The number of ether oxygens (including phenoxy) is 1. The summed E-state index contributed by atoms with van der Waals surface area (Å²) in [4.78, 5) is 25.9. The predicted octanol–water partition coefficient (Wildman–Crippen LogP) is 3.88. The van der Waals surface area contributed by atoms with Gasteiger partial charge >= 0.3 is 0 Å². The summed E-state index contributed by atoms with van der Waals surface area (Å²) in [5, 5.41) is 0.533. The molecule has 0 N–H and O–H groups in total. The molecule has 1 aliphatic heterocycles. The van der Waals surface area contributed by atoms with Crippen molar-refractivity contribution in [1.29, 1.82) is 0 Å². The molecule has 1 heterocycles. The molecule has 23 heavy (non-hydrogen) atoms. The van der Waals surface area contributed by atoms with Crippen LogP contribution in [0.15, 0.2) is 40.9 Å². The zero-order valence-electron chi connectivity index (χ0n) is 12.3. The van der Waals surface area contributed by atoms with Gasteiger partial charge in [-0.1, -0.05) is 39.7 Å². The summed E-state index contributed by atoms with van der Waals surface area (Å²) in [7, 11) is 1.67. The maximum absolute atomic E-state index is 12.7. The molecule has 0 unspecified atom stereocenters. The number of likely N-dealkylation sites (N-methyl/N-ethyl adjacent to an activating group) is 1. The van der Waals surface area contributed by atoms with Crippen LogP contribution in [-0.4, -0.2) is 25.3 Å². The predicted molar refractivity (Wildman–Crippen MR) is 92.5 cm³/mol. The third kappa shape index (κ3) is 3.12. The average Bonchev–Trinajstić information content (AvgIpc) is 2.53. The molecule has 2 aromatic rings. The number of fused-ring (bicyclic) bond motifs is 1. The van der Waals surface area contributed by atoms with E-state index in [2.05, 4.69) is 15.9 Å². The van der Waals surface area contributed by atoms with Gasteiger partial charge in [0.15, 0.2) is 18.1 Å². The Labute approximate surface area is 147 Å². The van der Waals surface area contributed by atoms with E-state index in [1.807, 2.05) is 12.1 Å². The quantitative estimate of drug-likeness (QED) is 0.742. The summed E-state index contributed by atoms with van der Waals surface area (Å²) in [6.07, 6.45) is 0.170. The molecular formula is C17H13BrClNO3. The largest absolute Gasteiger partial charge is 0.481 e. The van der Waals surface area contributed by atoms with Crippen LogP contribution in [0.2, 0.25) is 5.02 Å². The zero-order valence-corrected chi connectivity index (χ0v) is 14.6. The first kappa shape index (κ1) is 16.0. The SMILES string of the molecule is CN1C(=O)COc2c(C(=O)Cc3ccc(Br)cc3Cl)cccc21. The molecule has 6 heteroatoms. The first-order valence-corrected chi connectivity index (χ1v) is 8.14. The van der Waals surface area contributed by atoms with Crippen molar-refractivity contribution in [2.75, 3.05) is 18.6 Å². The molecule has 0 bridgehead atoms. The van der Waals surface area contributed by atoms with Gasteiger partial charge in [-0.3, -0.25) is 9.59 Å². The Morgan fingerprint density at radius 1 is 1.35 bits per heavy atom. The second-order valence-corrected chi connectivity index (χ2v) is 6.55. The van der Waals surface area contributed by atoms with Gasteiger partial charge in [-0.15, -0.1) is 0 Å². The summed E-state index contributed by atoms with van der Waals surface area (Å²) in [5.74, 6) is 0.208. The summed E-state index contributed by atoms with van der Waals surface area (Å²) >= 11 is 9.52. The number of benzene rings is 2. The van der Waals surface area contributed by atoms with Crippen LogP contribution in [-0.2, 0) is 11.2 Å². The third-order valence-electron chi connectivity index (χ3n) is 3.74. The van der Waals surface area contributed by atoms with Crippen molar-refractivity contribution >= 4 is 44.9 Å². The summed E-state index contributed by atoms with van der Waals surface area (Å²) < 4.78 is 6.35. The topological polar surface area (TPSA) is 46.6 Å². The Balaban J connectivity index is 1.93. The van der Waals surface area contributed by atoms with E-state index in [9.17, 15) is 9.59 Å². The molecule has 4 nitrogen and oxygen atoms in total. The molecule has 0 saturated carbocycles. The zero-order chi connectivity index (χ0) is 16.6. The van der Waals surface area contributed by atoms with Gasteiger partial charge in [-0.05, 0) is 29.8 Å². The van der Waals surface area contributed by atoms with Gasteiger partial charge in [0, 0.05) is 23.0 Å². The Kier molecular flexibility index (Phi) is 4.41. The number of halogens is 2. The number of carbonyl (C=O) groups excluding carboxylic acids is 2. The highest BCUT2D eigenvalue weighted by atomic mass is 79.9. The van der Waals surface area contributed by atoms with E-state index in [1.54, 1.807) is 31.3 Å². The number of carbonyl (C=O) groups is 2. The van der Waals surface area contributed by atoms with Crippen LogP contribution in [0, 0.1) is 0 Å². The van der Waals surface area contributed by atoms with E-state index in [0.717, 1.165) is 10.0 Å².